The van der Waals surface area contributed by atoms with E-state index in [4.69, 9.17) is 5.41 Å². The Morgan fingerprint density at radius 1 is 1.32 bits per heavy atom. The van der Waals surface area contributed by atoms with Gasteiger partial charge in [0.2, 0.25) is 5.91 Å². The molecule has 0 saturated heterocycles. The zero-order valence-corrected chi connectivity index (χ0v) is 15.1. The van der Waals surface area contributed by atoms with Crippen LogP contribution in [0.25, 0.3) is 0 Å². The van der Waals surface area contributed by atoms with Crippen LogP contribution in [0.2, 0.25) is 0 Å². The Kier molecular flexibility index (Phi) is 11.6. The molecule has 1 unspecified atom stereocenters. The predicted molar refractivity (Wildman–Crippen MR) is 95.5 cm³/mol. The van der Waals surface area contributed by atoms with E-state index >= 15 is 0 Å². The van der Waals surface area contributed by atoms with Crippen molar-refractivity contribution < 1.29 is 14.6 Å². The van der Waals surface area contributed by atoms with E-state index in [-0.39, 0.29) is 11.8 Å². The molecule has 0 radical (unpaired) electrons. The minimum Gasteiger partial charge on any atom is -0.352 e. The average molecular weight is 355 g/mol. The molecule has 0 heterocycles. The third-order valence-electron chi connectivity index (χ3n) is 3.45. The van der Waals surface area contributed by atoms with Gasteiger partial charge in [-0.3, -0.25) is 10.2 Å². The SMILES string of the molecule is CC(C)=CCC[C@@H](C)CC(=O)NC(C=O)CCCNC(=N)N[N+](=O)[O-]. The number of carbonyl (C=O) groups is 2. The topological polar surface area (TPSA) is 137 Å². The van der Waals surface area contributed by atoms with Crippen LogP contribution >= 0.6 is 0 Å². The molecule has 9 nitrogen and oxygen atoms in total. The van der Waals surface area contributed by atoms with Gasteiger partial charge in [0.1, 0.15) is 6.29 Å². The molecule has 0 spiro atoms. The Hall–Kier alpha value is -2.45. The number of nitrogens with one attached hydrogen (secondary N) is 4. The number of rotatable bonds is 12. The Balaban J connectivity index is 4.00. The van der Waals surface area contributed by atoms with E-state index < -0.39 is 17.0 Å². The lowest BCUT2D eigenvalue weighted by Crippen LogP contribution is -2.41. The van der Waals surface area contributed by atoms with E-state index in [1.165, 1.54) is 5.57 Å². The van der Waals surface area contributed by atoms with E-state index in [1.54, 1.807) is 5.43 Å². The first-order valence-corrected chi connectivity index (χ1v) is 8.36. The van der Waals surface area contributed by atoms with Gasteiger partial charge in [0.15, 0.2) is 5.03 Å². The molecule has 0 fully saturated rings. The molecule has 1 amide bonds. The molecule has 0 aliphatic heterocycles. The number of allylic oxidation sites excluding steroid dienone is 2. The van der Waals surface area contributed by atoms with Gasteiger partial charge in [-0.05, 0) is 45.4 Å². The van der Waals surface area contributed by atoms with Crippen LogP contribution in [0.1, 0.15) is 52.9 Å². The smallest absolute Gasteiger partial charge is 0.251 e. The summed E-state index contributed by atoms with van der Waals surface area (Å²) in [6.07, 6.45) is 5.94. The fourth-order valence-electron chi connectivity index (χ4n) is 2.18. The fourth-order valence-corrected chi connectivity index (χ4v) is 2.18. The molecular weight excluding hydrogens is 326 g/mol. The van der Waals surface area contributed by atoms with Crippen molar-refractivity contribution >= 4 is 18.2 Å². The van der Waals surface area contributed by atoms with E-state index in [9.17, 15) is 19.7 Å². The lowest BCUT2D eigenvalue weighted by atomic mass is 10.00. The van der Waals surface area contributed by atoms with Crippen LogP contribution in [0.15, 0.2) is 11.6 Å². The highest BCUT2D eigenvalue weighted by atomic mass is 16.7. The number of aldehydes is 1. The van der Waals surface area contributed by atoms with E-state index in [2.05, 4.69) is 16.7 Å². The maximum atomic E-state index is 12.0. The summed E-state index contributed by atoms with van der Waals surface area (Å²) in [5.74, 6) is -0.336. The van der Waals surface area contributed by atoms with Crippen LogP contribution < -0.4 is 16.1 Å². The summed E-state index contributed by atoms with van der Waals surface area (Å²) in [5.41, 5.74) is 2.93. The van der Waals surface area contributed by atoms with Gasteiger partial charge in [-0.15, -0.1) is 0 Å². The van der Waals surface area contributed by atoms with Crippen LogP contribution in [-0.2, 0) is 9.59 Å². The number of nitrogens with zero attached hydrogens (tertiary/aromatic N) is 1. The van der Waals surface area contributed by atoms with Crippen LogP contribution in [0, 0.1) is 21.4 Å². The predicted octanol–water partition coefficient (Wildman–Crippen LogP) is 1.53. The van der Waals surface area contributed by atoms with Crippen molar-refractivity contribution in [3.05, 3.63) is 21.8 Å². The van der Waals surface area contributed by atoms with Crippen molar-refractivity contribution in [2.45, 2.75) is 58.9 Å². The van der Waals surface area contributed by atoms with E-state index in [0.717, 1.165) is 12.8 Å². The molecular formula is C16H29N5O4. The Bertz CT molecular complexity index is 489. The highest BCUT2D eigenvalue weighted by Gasteiger charge is 2.14. The molecule has 142 valence electrons. The van der Waals surface area contributed by atoms with Gasteiger partial charge >= 0.3 is 0 Å². The number of carbonyl (C=O) groups excluding carboxylic acids is 2. The Morgan fingerprint density at radius 3 is 2.56 bits per heavy atom. The molecule has 0 saturated carbocycles. The lowest BCUT2D eigenvalue weighted by Gasteiger charge is -2.15. The number of hydrogen-bond donors (Lipinski definition) is 4. The molecule has 0 aromatic rings. The van der Waals surface area contributed by atoms with Crippen molar-refractivity contribution in [3.63, 3.8) is 0 Å². The molecule has 2 atom stereocenters. The van der Waals surface area contributed by atoms with Crippen LogP contribution in [0.3, 0.4) is 0 Å². The molecule has 0 rings (SSSR count). The summed E-state index contributed by atoms with van der Waals surface area (Å²) in [5, 5.41) is 21.7. The quantitative estimate of drug-likeness (QED) is 0.0797. The summed E-state index contributed by atoms with van der Waals surface area (Å²) in [4.78, 5) is 33.1. The highest BCUT2D eigenvalue weighted by Crippen LogP contribution is 2.12. The van der Waals surface area contributed by atoms with Gasteiger partial charge in [0.25, 0.3) is 5.96 Å². The highest BCUT2D eigenvalue weighted by molar-refractivity contribution is 5.79. The van der Waals surface area contributed by atoms with Gasteiger partial charge in [0.05, 0.1) is 6.04 Å². The first kappa shape index (κ1) is 22.6. The fraction of sp³-hybridized carbons (Fsp3) is 0.688. The standard InChI is InChI=1S/C16H29N5O4/c1-12(2)6-4-7-13(3)10-15(23)19-14(11-22)8-5-9-18-16(17)20-21(24)25/h6,11,13-14H,4-5,7-10H2,1-3H3,(H,19,23)(H3,17,18,20)/t13-,14?/m1/s1. The number of nitro groups is 1. The largest absolute Gasteiger partial charge is 0.352 e. The number of hydrazine groups is 1. The molecule has 0 aliphatic rings. The van der Waals surface area contributed by atoms with Gasteiger partial charge in [-0.1, -0.05) is 24.0 Å². The maximum absolute atomic E-state index is 12.0. The van der Waals surface area contributed by atoms with Crippen molar-refractivity contribution in [2.75, 3.05) is 6.54 Å². The third-order valence-corrected chi connectivity index (χ3v) is 3.45. The summed E-state index contributed by atoms with van der Waals surface area (Å²) in [7, 11) is 0. The van der Waals surface area contributed by atoms with Gasteiger partial charge in [-0.2, -0.15) is 0 Å². The first-order chi connectivity index (χ1) is 11.7. The second kappa shape index (κ2) is 12.9. The van der Waals surface area contributed by atoms with Crippen molar-refractivity contribution in [1.29, 1.82) is 5.41 Å². The van der Waals surface area contributed by atoms with Gasteiger partial charge in [-0.25, -0.2) is 10.1 Å². The van der Waals surface area contributed by atoms with Crippen molar-refractivity contribution in [1.82, 2.24) is 16.1 Å². The minimum absolute atomic E-state index is 0.155. The first-order valence-electron chi connectivity index (χ1n) is 8.36. The number of amides is 1. The van der Waals surface area contributed by atoms with Crippen LogP contribution in [0.5, 0.6) is 0 Å². The average Bonchev–Trinajstić information content (AvgIpc) is 2.48. The third kappa shape index (κ3) is 13.7. The monoisotopic (exact) mass is 355 g/mol. The Morgan fingerprint density at radius 2 is 2.00 bits per heavy atom. The van der Waals surface area contributed by atoms with Gasteiger partial charge < -0.3 is 15.4 Å². The van der Waals surface area contributed by atoms with Crippen LogP contribution in [0.4, 0.5) is 0 Å². The molecule has 0 aromatic carbocycles. The molecule has 25 heavy (non-hydrogen) atoms. The molecule has 0 bridgehead atoms. The minimum atomic E-state index is -0.831. The zero-order chi connectivity index (χ0) is 19.2. The van der Waals surface area contributed by atoms with Crippen molar-refractivity contribution in [2.24, 2.45) is 5.92 Å². The van der Waals surface area contributed by atoms with E-state index in [0.29, 0.717) is 32.1 Å². The second-order valence-corrected chi connectivity index (χ2v) is 6.29. The summed E-state index contributed by atoms with van der Waals surface area (Å²) < 4.78 is 0. The zero-order valence-electron chi connectivity index (χ0n) is 15.1. The molecule has 0 aliphatic carbocycles. The summed E-state index contributed by atoms with van der Waals surface area (Å²) in [6, 6.07) is -0.586. The maximum Gasteiger partial charge on any atom is 0.251 e. The van der Waals surface area contributed by atoms with Gasteiger partial charge in [0, 0.05) is 13.0 Å². The van der Waals surface area contributed by atoms with E-state index in [1.807, 2.05) is 20.8 Å². The van der Waals surface area contributed by atoms with Crippen LogP contribution in [-0.4, -0.2) is 35.8 Å². The Labute approximate surface area is 148 Å². The summed E-state index contributed by atoms with van der Waals surface area (Å²) in [6.45, 7) is 6.37. The number of hydrogen-bond acceptors (Lipinski definition) is 5. The number of guanidine groups is 1. The normalized spacial score (nSPS) is 12.4. The molecule has 9 heteroatoms. The second-order valence-electron chi connectivity index (χ2n) is 6.29. The summed E-state index contributed by atoms with van der Waals surface area (Å²) >= 11 is 0. The van der Waals surface area contributed by atoms with Crippen molar-refractivity contribution in [3.8, 4) is 0 Å². The lowest BCUT2D eigenvalue weighted by molar-refractivity contribution is -0.525. The molecule has 4 N–H and O–H groups in total. The molecule has 0 aromatic heterocycles.